The van der Waals surface area contributed by atoms with Crippen molar-refractivity contribution in [1.82, 2.24) is 11.0 Å². The normalized spacial score (nSPS) is 10.0. The summed E-state index contributed by atoms with van der Waals surface area (Å²) in [5.41, 5.74) is 4.53. The van der Waals surface area contributed by atoms with Gasteiger partial charge in [-0.2, -0.15) is 0 Å². The Kier molecular flexibility index (Phi) is 6.42. The van der Waals surface area contributed by atoms with Gasteiger partial charge in [0.1, 0.15) is 0 Å². The molecule has 6 N–H and O–H groups in total. The second kappa shape index (κ2) is 8.75. The molecule has 4 amide bonds. The molecule has 2 aromatic rings. The van der Waals surface area contributed by atoms with Crippen molar-refractivity contribution in [2.75, 3.05) is 10.6 Å². The average Bonchev–Trinajstić information content (AvgIpc) is 2.65. The van der Waals surface area contributed by atoms with Gasteiger partial charge in [0.2, 0.25) is 11.8 Å². The van der Waals surface area contributed by atoms with Crippen molar-refractivity contribution in [3.63, 3.8) is 0 Å². The fraction of sp³-hybridized carbons (Fsp3) is 0.111. The van der Waals surface area contributed by atoms with Crippen LogP contribution in [-0.4, -0.2) is 34.0 Å². The van der Waals surface area contributed by atoms with E-state index in [2.05, 4.69) is 10.6 Å². The lowest BCUT2D eigenvalue weighted by Gasteiger charge is -2.14. The van der Waals surface area contributed by atoms with E-state index in [4.69, 9.17) is 10.4 Å². The van der Waals surface area contributed by atoms with Crippen LogP contribution in [0, 0.1) is 0 Å². The van der Waals surface area contributed by atoms with Gasteiger partial charge in [0, 0.05) is 13.8 Å². The topological polar surface area (TPSA) is 157 Å². The number of hydrogen-bond acceptors (Lipinski definition) is 6. The smallest absolute Gasteiger partial charge is 0.276 e. The van der Waals surface area contributed by atoms with E-state index < -0.39 is 23.6 Å². The maximum atomic E-state index is 11.8. The molecule has 0 unspecified atom stereocenters. The highest BCUT2D eigenvalue weighted by molar-refractivity contribution is 6.05. The Morgan fingerprint density at radius 1 is 0.679 bits per heavy atom. The first-order valence-electron chi connectivity index (χ1n) is 7.99. The highest BCUT2D eigenvalue weighted by Crippen LogP contribution is 2.29. The third-order valence-electron chi connectivity index (χ3n) is 3.69. The molecule has 0 aliphatic rings. The van der Waals surface area contributed by atoms with E-state index in [0.29, 0.717) is 11.1 Å². The van der Waals surface area contributed by atoms with Gasteiger partial charge in [-0.25, -0.2) is 11.0 Å². The Balaban J connectivity index is 2.57. The Labute approximate surface area is 159 Å². The van der Waals surface area contributed by atoms with E-state index in [0.717, 1.165) is 0 Å². The summed E-state index contributed by atoms with van der Waals surface area (Å²) >= 11 is 0. The van der Waals surface area contributed by atoms with Gasteiger partial charge in [0.05, 0.1) is 22.5 Å². The summed E-state index contributed by atoms with van der Waals surface area (Å²) in [6.45, 7) is 2.54. The number of nitrogens with one attached hydrogen (secondary N) is 4. The van der Waals surface area contributed by atoms with E-state index in [1.54, 1.807) is 12.1 Å². The van der Waals surface area contributed by atoms with Crippen LogP contribution in [0.1, 0.15) is 34.6 Å². The summed E-state index contributed by atoms with van der Waals surface area (Å²) in [6, 6.07) is 8.94. The third-order valence-corrected chi connectivity index (χ3v) is 3.69. The minimum atomic E-state index is -0.802. The molecule has 0 saturated carbocycles. The first kappa shape index (κ1) is 20.6. The molecule has 0 aliphatic carbocycles. The predicted molar refractivity (Wildman–Crippen MR) is 99.0 cm³/mol. The maximum absolute atomic E-state index is 11.8. The molecule has 0 aromatic heterocycles. The van der Waals surface area contributed by atoms with Crippen LogP contribution in [0.2, 0.25) is 0 Å². The summed E-state index contributed by atoms with van der Waals surface area (Å²) in [7, 11) is 0. The third kappa shape index (κ3) is 4.69. The van der Waals surface area contributed by atoms with Gasteiger partial charge in [-0.05, 0) is 35.4 Å². The molecule has 0 fully saturated rings. The molecule has 2 rings (SSSR count). The van der Waals surface area contributed by atoms with Crippen molar-refractivity contribution >= 4 is 35.0 Å². The summed E-state index contributed by atoms with van der Waals surface area (Å²) in [4.78, 5) is 46.4. The Bertz CT molecular complexity index is 880. The monoisotopic (exact) mass is 386 g/mol. The predicted octanol–water partition coefficient (Wildman–Crippen LogP) is 1.51. The molecular weight excluding hydrogens is 368 g/mol. The van der Waals surface area contributed by atoms with Crippen LogP contribution in [0.4, 0.5) is 11.4 Å². The first-order valence-corrected chi connectivity index (χ1v) is 7.99. The molecule has 0 radical (unpaired) electrons. The molecule has 146 valence electrons. The van der Waals surface area contributed by atoms with Gasteiger partial charge in [-0.3, -0.25) is 29.6 Å². The summed E-state index contributed by atoms with van der Waals surface area (Å²) in [6.07, 6.45) is 0. The number of anilines is 2. The Morgan fingerprint density at radius 3 is 1.32 bits per heavy atom. The zero-order valence-electron chi connectivity index (χ0n) is 15.0. The molecule has 0 spiro atoms. The van der Waals surface area contributed by atoms with Crippen LogP contribution in [-0.2, 0) is 9.59 Å². The number of carbonyl (C=O) groups excluding carboxylic acids is 4. The fourth-order valence-electron chi connectivity index (χ4n) is 2.55. The molecule has 0 atom stereocenters. The van der Waals surface area contributed by atoms with Crippen LogP contribution in [0.25, 0.3) is 11.1 Å². The minimum absolute atomic E-state index is 0.0415. The number of hydrogen-bond donors (Lipinski definition) is 6. The van der Waals surface area contributed by atoms with E-state index in [-0.39, 0.29) is 22.5 Å². The average molecular weight is 386 g/mol. The van der Waals surface area contributed by atoms with E-state index in [9.17, 15) is 19.2 Å². The van der Waals surface area contributed by atoms with Gasteiger partial charge < -0.3 is 10.6 Å². The van der Waals surface area contributed by atoms with Gasteiger partial charge >= 0.3 is 0 Å². The van der Waals surface area contributed by atoms with Crippen molar-refractivity contribution in [1.29, 1.82) is 0 Å². The molecule has 10 nitrogen and oxygen atoms in total. The van der Waals surface area contributed by atoms with Crippen molar-refractivity contribution in [3.8, 4) is 11.1 Å². The van der Waals surface area contributed by atoms with E-state index >= 15 is 0 Å². The Hall–Kier alpha value is -3.76. The Morgan fingerprint density at radius 2 is 1.04 bits per heavy atom. The van der Waals surface area contributed by atoms with Crippen LogP contribution >= 0.6 is 0 Å². The second-order valence-electron chi connectivity index (χ2n) is 5.76. The highest BCUT2D eigenvalue weighted by Gasteiger charge is 2.16. The molecule has 10 heteroatoms. The highest BCUT2D eigenvalue weighted by atomic mass is 16.5. The van der Waals surface area contributed by atoms with Gasteiger partial charge in [0.15, 0.2) is 0 Å². The van der Waals surface area contributed by atoms with Crippen LogP contribution in [0.3, 0.4) is 0 Å². The van der Waals surface area contributed by atoms with Crippen molar-refractivity contribution in [2.45, 2.75) is 13.8 Å². The van der Waals surface area contributed by atoms with E-state index in [1.807, 2.05) is 0 Å². The lowest BCUT2D eigenvalue weighted by atomic mass is 9.99. The number of hydroxylamine groups is 2. The molecule has 0 aliphatic heterocycles. The minimum Gasteiger partial charge on any atom is -0.326 e. The first-order chi connectivity index (χ1) is 13.3. The fourth-order valence-corrected chi connectivity index (χ4v) is 2.55. The SMILES string of the molecule is CC(=O)Nc1cc(-c2ccc(C(=O)NO)c(NC(C)=O)c2)ccc1C(=O)NO. The van der Waals surface area contributed by atoms with Crippen LogP contribution in [0.15, 0.2) is 36.4 Å². The largest absolute Gasteiger partial charge is 0.326 e. The standard InChI is InChI=1S/C18H18N4O6/c1-9(23)19-15-7-11(3-5-13(15)17(25)21-27)12-4-6-14(18(26)22-28)16(8-12)20-10(2)24/h3-8,27-28H,1-2H3,(H,19,23)(H,20,24)(H,21,25)(H,22,26). The zero-order chi connectivity index (χ0) is 20.8. The summed E-state index contributed by atoms with van der Waals surface area (Å²) in [5.74, 6) is -2.44. The summed E-state index contributed by atoms with van der Waals surface area (Å²) < 4.78 is 0. The quantitative estimate of drug-likeness (QED) is 0.338. The second-order valence-corrected chi connectivity index (χ2v) is 5.76. The van der Waals surface area contributed by atoms with Gasteiger partial charge in [0.25, 0.3) is 11.8 Å². The lowest BCUT2D eigenvalue weighted by molar-refractivity contribution is -0.115. The maximum Gasteiger partial charge on any atom is 0.276 e. The summed E-state index contributed by atoms with van der Waals surface area (Å²) in [5, 5.41) is 22.7. The molecule has 0 heterocycles. The lowest BCUT2D eigenvalue weighted by Crippen LogP contribution is -2.21. The number of carbonyl (C=O) groups is 4. The van der Waals surface area contributed by atoms with Crippen molar-refractivity contribution in [2.24, 2.45) is 0 Å². The van der Waals surface area contributed by atoms with Crippen LogP contribution in [0.5, 0.6) is 0 Å². The molecular formula is C18H18N4O6. The van der Waals surface area contributed by atoms with Crippen molar-refractivity contribution < 1.29 is 29.6 Å². The van der Waals surface area contributed by atoms with Crippen LogP contribution < -0.4 is 21.6 Å². The molecule has 2 aromatic carbocycles. The van der Waals surface area contributed by atoms with Gasteiger partial charge in [-0.15, -0.1) is 0 Å². The van der Waals surface area contributed by atoms with Crippen molar-refractivity contribution in [3.05, 3.63) is 47.5 Å². The number of amides is 4. The molecule has 28 heavy (non-hydrogen) atoms. The molecule has 0 saturated heterocycles. The zero-order valence-corrected chi connectivity index (χ0v) is 15.0. The molecule has 0 bridgehead atoms. The number of rotatable bonds is 5. The number of benzene rings is 2. The van der Waals surface area contributed by atoms with Gasteiger partial charge in [-0.1, -0.05) is 12.1 Å². The van der Waals surface area contributed by atoms with E-state index in [1.165, 1.54) is 49.1 Å².